The highest BCUT2D eigenvalue weighted by Gasteiger charge is 2.39. The predicted octanol–water partition coefficient (Wildman–Crippen LogP) is 3.83. The molecule has 3 aliphatic rings. The van der Waals surface area contributed by atoms with Crippen molar-refractivity contribution in [3.63, 3.8) is 0 Å². The van der Waals surface area contributed by atoms with Gasteiger partial charge >= 0.3 is 0 Å². The van der Waals surface area contributed by atoms with Crippen LogP contribution in [0, 0.1) is 16.7 Å². The summed E-state index contributed by atoms with van der Waals surface area (Å²) < 4.78 is 0. The van der Waals surface area contributed by atoms with E-state index in [-0.39, 0.29) is 6.10 Å². The number of aliphatic hydroxyl groups excluding tert-OH is 1. The molecular formula is C18H33NO. The van der Waals surface area contributed by atoms with Crippen LogP contribution in [-0.2, 0) is 0 Å². The molecule has 3 rings (SSSR count). The first-order valence-electron chi connectivity index (χ1n) is 8.89. The fraction of sp³-hybridized carbons (Fsp3) is 1.00. The molecular weight excluding hydrogens is 246 g/mol. The third kappa shape index (κ3) is 3.22. The fourth-order valence-electron chi connectivity index (χ4n) is 5.08. The van der Waals surface area contributed by atoms with Crippen molar-refractivity contribution in [1.82, 2.24) is 4.90 Å². The molecule has 0 bridgehead atoms. The smallest absolute Gasteiger partial charge is 0.0581 e. The second-order valence-corrected chi connectivity index (χ2v) is 8.74. The maximum absolute atomic E-state index is 10.3. The van der Waals surface area contributed by atoms with Gasteiger partial charge in [0.2, 0.25) is 0 Å². The Hall–Kier alpha value is -0.0800. The van der Waals surface area contributed by atoms with Crippen LogP contribution in [0.25, 0.3) is 0 Å². The predicted molar refractivity (Wildman–Crippen MR) is 83.7 cm³/mol. The summed E-state index contributed by atoms with van der Waals surface area (Å²) in [6.45, 7) is 8.44. The highest BCUT2D eigenvalue weighted by Crippen LogP contribution is 2.46. The second-order valence-electron chi connectivity index (χ2n) is 8.74. The zero-order chi connectivity index (χ0) is 14.2. The summed E-state index contributed by atoms with van der Waals surface area (Å²) in [5, 5.41) is 10.3. The van der Waals surface area contributed by atoms with E-state index in [0.29, 0.717) is 11.3 Å². The third-order valence-electron chi connectivity index (χ3n) is 6.55. The van der Waals surface area contributed by atoms with Gasteiger partial charge < -0.3 is 10.0 Å². The van der Waals surface area contributed by atoms with E-state index in [2.05, 4.69) is 18.7 Å². The Kier molecular flexibility index (Phi) is 4.16. The van der Waals surface area contributed by atoms with Crippen molar-refractivity contribution in [1.29, 1.82) is 0 Å². The summed E-state index contributed by atoms with van der Waals surface area (Å²) in [7, 11) is 0. The molecule has 0 amide bonds. The molecule has 116 valence electrons. The summed E-state index contributed by atoms with van der Waals surface area (Å²) in [6.07, 6.45) is 12.1. The molecule has 0 aromatic heterocycles. The quantitative estimate of drug-likeness (QED) is 0.830. The van der Waals surface area contributed by atoms with Crippen LogP contribution in [-0.4, -0.2) is 35.7 Å². The van der Waals surface area contributed by atoms with E-state index in [0.717, 1.165) is 18.4 Å². The van der Waals surface area contributed by atoms with E-state index in [1.54, 1.807) is 0 Å². The molecule has 1 spiro atoms. The fourth-order valence-corrected chi connectivity index (χ4v) is 5.08. The molecule has 2 nitrogen and oxygen atoms in total. The van der Waals surface area contributed by atoms with E-state index in [1.165, 1.54) is 64.5 Å². The van der Waals surface area contributed by atoms with Gasteiger partial charge in [0, 0.05) is 6.54 Å². The van der Waals surface area contributed by atoms with Gasteiger partial charge in [0.25, 0.3) is 0 Å². The Labute approximate surface area is 124 Å². The van der Waals surface area contributed by atoms with E-state index in [9.17, 15) is 5.11 Å². The van der Waals surface area contributed by atoms with E-state index >= 15 is 0 Å². The summed E-state index contributed by atoms with van der Waals surface area (Å²) in [6, 6.07) is 0. The minimum absolute atomic E-state index is 0.0506. The van der Waals surface area contributed by atoms with Crippen molar-refractivity contribution in [2.75, 3.05) is 19.6 Å². The van der Waals surface area contributed by atoms with Gasteiger partial charge in [0.15, 0.2) is 0 Å². The molecule has 2 heteroatoms. The standard InChI is InChI=1S/C18H33NO/c1-17(2)8-5-16(20)15(13-17)14-19-11-9-18(10-12-19)6-3-4-7-18/h15-16,20H,3-14H2,1-2H3. The Balaban J connectivity index is 1.51. The molecule has 3 fully saturated rings. The van der Waals surface area contributed by atoms with Crippen molar-refractivity contribution in [3.8, 4) is 0 Å². The van der Waals surface area contributed by atoms with E-state index in [1.807, 2.05) is 0 Å². The van der Waals surface area contributed by atoms with Crippen LogP contribution in [0.5, 0.6) is 0 Å². The van der Waals surface area contributed by atoms with E-state index in [4.69, 9.17) is 0 Å². The van der Waals surface area contributed by atoms with Crippen molar-refractivity contribution in [2.24, 2.45) is 16.7 Å². The van der Waals surface area contributed by atoms with Crippen LogP contribution in [0.3, 0.4) is 0 Å². The molecule has 0 aromatic carbocycles. The minimum atomic E-state index is -0.0506. The average Bonchev–Trinajstić information content (AvgIpc) is 2.85. The molecule has 1 N–H and O–H groups in total. The molecule has 2 saturated carbocycles. The van der Waals surface area contributed by atoms with Crippen LogP contribution in [0.15, 0.2) is 0 Å². The maximum Gasteiger partial charge on any atom is 0.0581 e. The van der Waals surface area contributed by atoms with Gasteiger partial charge in [-0.3, -0.25) is 0 Å². The van der Waals surface area contributed by atoms with Crippen LogP contribution in [0.2, 0.25) is 0 Å². The Morgan fingerprint density at radius 1 is 1.00 bits per heavy atom. The van der Waals surface area contributed by atoms with Crippen LogP contribution in [0.1, 0.15) is 71.6 Å². The van der Waals surface area contributed by atoms with Gasteiger partial charge in [-0.05, 0) is 74.8 Å². The van der Waals surface area contributed by atoms with Gasteiger partial charge in [-0.1, -0.05) is 26.7 Å². The second kappa shape index (κ2) is 5.61. The van der Waals surface area contributed by atoms with Gasteiger partial charge in [0.05, 0.1) is 6.10 Å². The summed E-state index contributed by atoms with van der Waals surface area (Å²) >= 11 is 0. The maximum atomic E-state index is 10.3. The molecule has 1 saturated heterocycles. The molecule has 1 heterocycles. The van der Waals surface area contributed by atoms with Gasteiger partial charge in [-0.15, -0.1) is 0 Å². The number of piperidine rings is 1. The molecule has 0 aromatic rings. The Bertz CT molecular complexity index is 322. The van der Waals surface area contributed by atoms with Crippen molar-refractivity contribution in [3.05, 3.63) is 0 Å². The number of nitrogens with zero attached hydrogens (tertiary/aromatic N) is 1. The first kappa shape index (κ1) is 14.8. The van der Waals surface area contributed by atoms with Crippen molar-refractivity contribution >= 4 is 0 Å². The third-order valence-corrected chi connectivity index (χ3v) is 6.55. The number of aliphatic hydroxyl groups is 1. The highest BCUT2D eigenvalue weighted by molar-refractivity contribution is 4.92. The van der Waals surface area contributed by atoms with Crippen LogP contribution in [0.4, 0.5) is 0 Å². The van der Waals surface area contributed by atoms with Crippen LogP contribution >= 0.6 is 0 Å². The molecule has 2 unspecified atom stereocenters. The Morgan fingerprint density at radius 3 is 2.30 bits per heavy atom. The lowest BCUT2D eigenvalue weighted by Crippen LogP contribution is -2.45. The zero-order valence-corrected chi connectivity index (χ0v) is 13.5. The summed E-state index contributed by atoms with van der Waals surface area (Å²) in [4.78, 5) is 2.65. The van der Waals surface area contributed by atoms with Crippen molar-refractivity contribution in [2.45, 2.75) is 77.7 Å². The van der Waals surface area contributed by atoms with Gasteiger partial charge in [-0.25, -0.2) is 0 Å². The number of rotatable bonds is 2. The first-order chi connectivity index (χ1) is 9.48. The molecule has 2 atom stereocenters. The van der Waals surface area contributed by atoms with Gasteiger partial charge in [0.1, 0.15) is 0 Å². The molecule has 0 radical (unpaired) electrons. The number of hydrogen-bond acceptors (Lipinski definition) is 2. The number of hydrogen-bond donors (Lipinski definition) is 1. The normalized spacial score (nSPS) is 37.4. The van der Waals surface area contributed by atoms with Crippen LogP contribution < -0.4 is 0 Å². The monoisotopic (exact) mass is 279 g/mol. The van der Waals surface area contributed by atoms with E-state index < -0.39 is 0 Å². The molecule has 1 aliphatic heterocycles. The topological polar surface area (TPSA) is 23.5 Å². The highest BCUT2D eigenvalue weighted by atomic mass is 16.3. The largest absolute Gasteiger partial charge is 0.393 e. The van der Waals surface area contributed by atoms with Crippen molar-refractivity contribution < 1.29 is 5.11 Å². The summed E-state index contributed by atoms with van der Waals surface area (Å²) in [5.41, 5.74) is 1.16. The lowest BCUT2D eigenvalue weighted by molar-refractivity contribution is -0.00649. The minimum Gasteiger partial charge on any atom is -0.393 e. The lowest BCUT2D eigenvalue weighted by Gasteiger charge is -2.44. The summed E-state index contributed by atoms with van der Waals surface area (Å²) in [5.74, 6) is 0.511. The SMILES string of the molecule is CC1(C)CCC(O)C(CN2CCC3(CCCC3)CC2)C1. The Morgan fingerprint density at radius 2 is 1.65 bits per heavy atom. The molecule has 20 heavy (non-hydrogen) atoms. The first-order valence-corrected chi connectivity index (χ1v) is 8.89. The van der Waals surface area contributed by atoms with Gasteiger partial charge in [-0.2, -0.15) is 0 Å². The average molecular weight is 279 g/mol. The lowest BCUT2D eigenvalue weighted by atomic mass is 9.70. The molecule has 2 aliphatic carbocycles. The number of likely N-dealkylation sites (tertiary alicyclic amines) is 1. The zero-order valence-electron chi connectivity index (χ0n) is 13.5.